The van der Waals surface area contributed by atoms with Gasteiger partial charge in [-0.3, -0.25) is 9.79 Å². The predicted octanol–water partition coefficient (Wildman–Crippen LogP) is 2.76. The van der Waals surface area contributed by atoms with Gasteiger partial charge in [0.1, 0.15) is 11.8 Å². The Hall–Kier alpha value is -1.65. The third-order valence-corrected chi connectivity index (χ3v) is 3.43. The Balaban J connectivity index is 3.16. The second kappa shape index (κ2) is 5.77. The van der Waals surface area contributed by atoms with Crippen molar-refractivity contribution in [3.05, 3.63) is 11.3 Å². The minimum atomic E-state index is -1.02. The van der Waals surface area contributed by atoms with E-state index < -0.39 is 12.0 Å². The van der Waals surface area contributed by atoms with Crippen LogP contribution in [0, 0.1) is 11.3 Å². The van der Waals surface area contributed by atoms with Crippen LogP contribution in [-0.2, 0) is 9.59 Å². The predicted molar refractivity (Wildman–Crippen MR) is 77.0 cm³/mol. The molecule has 5 nitrogen and oxygen atoms in total. The lowest BCUT2D eigenvalue weighted by Gasteiger charge is -2.29. The highest BCUT2D eigenvalue weighted by Crippen LogP contribution is 2.36. The molecular formula is C15H23NO4. The maximum atomic E-state index is 12.1. The third-order valence-electron chi connectivity index (χ3n) is 3.43. The van der Waals surface area contributed by atoms with Crippen LogP contribution in [0.5, 0.6) is 0 Å². The molecule has 20 heavy (non-hydrogen) atoms. The molecule has 0 aromatic heterocycles. The zero-order valence-corrected chi connectivity index (χ0v) is 12.7. The second-order valence-corrected chi connectivity index (χ2v) is 6.50. The van der Waals surface area contributed by atoms with Crippen LogP contribution in [-0.4, -0.2) is 33.7 Å². The minimum Gasteiger partial charge on any atom is -0.511 e. The lowest BCUT2D eigenvalue weighted by atomic mass is 9.75. The molecule has 0 saturated heterocycles. The quantitative estimate of drug-likeness (QED) is 0.776. The van der Waals surface area contributed by atoms with Crippen molar-refractivity contribution in [2.75, 3.05) is 0 Å². The smallest absolute Gasteiger partial charge is 0.328 e. The van der Waals surface area contributed by atoms with Crippen molar-refractivity contribution in [2.45, 2.75) is 53.5 Å². The summed E-state index contributed by atoms with van der Waals surface area (Å²) in [6.45, 7) is 8.93. The average molecular weight is 281 g/mol. The van der Waals surface area contributed by atoms with E-state index in [1.54, 1.807) is 20.8 Å². The standard InChI is InChI=1S/C15H23NO4/c1-8(2)13(14(19)20)16-9(3)12-10(17)6-15(4,5)7-11(12)18/h8,13,17H,6-7H2,1-5H3,(H,19,20)/t13-/m0/s1. The molecule has 1 rings (SSSR count). The topological polar surface area (TPSA) is 87.0 Å². The fourth-order valence-electron chi connectivity index (χ4n) is 2.46. The molecule has 0 aromatic rings. The molecule has 0 radical (unpaired) electrons. The molecule has 0 aliphatic heterocycles. The van der Waals surface area contributed by atoms with Crippen molar-refractivity contribution < 1.29 is 19.8 Å². The minimum absolute atomic E-state index is 0.0143. The van der Waals surface area contributed by atoms with Crippen molar-refractivity contribution in [1.29, 1.82) is 0 Å². The van der Waals surface area contributed by atoms with Crippen molar-refractivity contribution in [3.8, 4) is 0 Å². The number of allylic oxidation sites excluding steroid dienone is 2. The summed E-state index contributed by atoms with van der Waals surface area (Å²) >= 11 is 0. The molecule has 0 saturated carbocycles. The van der Waals surface area contributed by atoms with Crippen molar-refractivity contribution >= 4 is 17.5 Å². The molecule has 0 spiro atoms. The van der Waals surface area contributed by atoms with Gasteiger partial charge in [0, 0.05) is 18.6 Å². The first-order valence-electron chi connectivity index (χ1n) is 6.78. The summed E-state index contributed by atoms with van der Waals surface area (Å²) in [6.07, 6.45) is 0.735. The molecule has 0 fully saturated rings. The first-order chi connectivity index (χ1) is 9.05. The fourth-order valence-corrected chi connectivity index (χ4v) is 2.46. The summed E-state index contributed by atoms with van der Waals surface area (Å²) in [5.74, 6) is -1.36. The van der Waals surface area contributed by atoms with Crippen LogP contribution in [0.1, 0.15) is 47.5 Å². The monoisotopic (exact) mass is 281 g/mol. The van der Waals surface area contributed by atoms with Crippen LogP contribution in [0.2, 0.25) is 0 Å². The first kappa shape index (κ1) is 16.4. The van der Waals surface area contributed by atoms with E-state index in [9.17, 15) is 14.7 Å². The molecule has 0 aromatic carbocycles. The van der Waals surface area contributed by atoms with Crippen LogP contribution in [0.3, 0.4) is 0 Å². The maximum Gasteiger partial charge on any atom is 0.328 e. The van der Waals surface area contributed by atoms with E-state index >= 15 is 0 Å². The van der Waals surface area contributed by atoms with Gasteiger partial charge in [-0.25, -0.2) is 4.79 Å². The molecule has 5 heteroatoms. The number of Topliss-reactive ketones (excluding diaryl/α,β-unsaturated/α-hetero) is 1. The number of hydrogen-bond donors (Lipinski definition) is 2. The van der Waals surface area contributed by atoms with Gasteiger partial charge in [0.05, 0.1) is 5.57 Å². The maximum absolute atomic E-state index is 12.1. The SMILES string of the molecule is CC(=N[C@H](C(=O)O)C(C)C)C1=C(O)CC(C)(C)CC1=O. The van der Waals surface area contributed by atoms with E-state index in [-0.39, 0.29) is 28.4 Å². The highest BCUT2D eigenvalue weighted by molar-refractivity contribution is 6.22. The number of nitrogens with zero attached hydrogens (tertiary/aromatic N) is 1. The number of carboxylic acid groups (broad SMARTS) is 1. The molecule has 2 N–H and O–H groups in total. The van der Waals surface area contributed by atoms with Crippen LogP contribution < -0.4 is 0 Å². The molecule has 0 unspecified atom stereocenters. The van der Waals surface area contributed by atoms with Gasteiger partial charge in [0.25, 0.3) is 0 Å². The summed E-state index contributed by atoms with van der Waals surface area (Å²) in [5, 5.41) is 19.2. The van der Waals surface area contributed by atoms with Gasteiger partial charge in [-0.15, -0.1) is 0 Å². The summed E-state index contributed by atoms with van der Waals surface area (Å²) < 4.78 is 0. The molecule has 0 bridgehead atoms. The van der Waals surface area contributed by atoms with Crippen LogP contribution in [0.25, 0.3) is 0 Å². The number of aliphatic carboxylic acids is 1. The highest BCUT2D eigenvalue weighted by Gasteiger charge is 2.34. The van der Waals surface area contributed by atoms with Crippen molar-refractivity contribution in [1.82, 2.24) is 0 Å². The molecular weight excluding hydrogens is 258 g/mol. The number of hydrogen-bond acceptors (Lipinski definition) is 4. The Bertz CT molecular complexity index is 486. The second-order valence-electron chi connectivity index (χ2n) is 6.50. The van der Waals surface area contributed by atoms with E-state index in [0.717, 1.165) is 0 Å². The Morgan fingerprint density at radius 2 is 1.85 bits per heavy atom. The molecule has 0 heterocycles. The van der Waals surface area contributed by atoms with Gasteiger partial charge in [0.2, 0.25) is 0 Å². The van der Waals surface area contributed by atoms with Gasteiger partial charge in [-0.1, -0.05) is 27.7 Å². The van der Waals surface area contributed by atoms with E-state index in [1.807, 2.05) is 13.8 Å². The molecule has 1 aliphatic rings. The van der Waals surface area contributed by atoms with E-state index in [1.165, 1.54) is 0 Å². The van der Waals surface area contributed by atoms with Gasteiger partial charge in [-0.2, -0.15) is 0 Å². The number of aliphatic hydroxyl groups excluding tert-OH is 1. The van der Waals surface area contributed by atoms with Gasteiger partial charge in [0.15, 0.2) is 5.78 Å². The van der Waals surface area contributed by atoms with E-state index in [4.69, 9.17) is 5.11 Å². The molecule has 0 amide bonds. The number of carboxylic acids is 1. The highest BCUT2D eigenvalue weighted by atomic mass is 16.4. The number of ketones is 1. The van der Waals surface area contributed by atoms with E-state index in [0.29, 0.717) is 18.6 Å². The van der Waals surface area contributed by atoms with Crippen LogP contribution in [0.4, 0.5) is 0 Å². The Morgan fingerprint density at radius 1 is 1.30 bits per heavy atom. The van der Waals surface area contributed by atoms with Gasteiger partial charge in [-0.05, 0) is 18.3 Å². The largest absolute Gasteiger partial charge is 0.511 e. The summed E-state index contributed by atoms with van der Waals surface area (Å²) in [5.41, 5.74) is 0.232. The zero-order chi connectivity index (χ0) is 15.7. The number of aliphatic hydroxyl groups is 1. The van der Waals surface area contributed by atoms with Gasteiger partial charge >= 0.3 is 5.97 Å². The zero-order valence-electron chi connectivity index (χ0n) is 12.7. The Morgan fingerprint density at radius 3 is 2.25 bits per heavy atom. The number of carbonyl (C=O) groups excluding carboxylic acids is 1. The van der Waals surface area contributed by atoms with Crippen molar-refractivity contribution in [3.63, 3.8) is 0 Å². The van der Waals surface area contributed by atoms with Crippen LogP contribution >= 0.6 is 0 Å². The lowest BCUT2D eigenvalue weighted by molar-refractivity contribution is -0.139. The normalized spacial score (nSPS) is 21.3. The summed E-state index contributed by atoms with van der Waals surface area (Å²) in [4.78, 5) is 27.4. The Kier molecular flexibility index (Phi) is 4.73. The summed E-state index contributed by atoms with van der Waals surface area (Å²) in [7, 11) is 0. The number of rotatable bonds is 4. The lowest BCUT2D eigenvalue weighted by Crippen LogP contribution is -2.30. The number of aliphatic imine (C=N–C) groups is 1. The molecule has 1 atom stereocenters. The third kappa shape index (κ3) is 3.68. The first-order valence-corrected chi connectivity index (χ1v) is 6.78. The molecule has 1 aliphatic carbocycles. The van der Waals surface area contributed by atoms with Crippen molar-refractivity contribution in [2.24, 2.45) is 16.3 Å². The van der Waals surface area contributed by atoms with Crippen LogP contribution in [0.15, 0.2) is 16.3 Å². The van der Waals surface area contributed by atoms with Gasteiger partial charge < -0.3 is 10.2 Å². The fraction of sp³-hybridized carbons (Fsp3) is 0.667. The average Bonchev–Trinajstić information content (AvgIpc) is 2.21. The number of carbonyl (C=O) groups is 2. The summed E-state index contributed by atoms with van der Waals surface area (Å²) in [6, 6.07) is -0.905. The molecule has 112 valence electrons. The van der Waals surface area contributed by atoms with E-state index in [2.05, 4.69) is 4.99 Å². The Labute approximate surface area is 119 Å².